The highest BCUT2D eigenvalue weighted by atomic mass is 16.3. The Morgan fingerprint density at radius 3 is 2.89 bits per heavy atom. The number of phenols is 2. The van der Waals surface area contributed by atoms with Gasteiger partial charge < -0.3 is 10.2 Å². The molecule has 3 N–H and O–H groups in total. The third-order valence-electron chi connectivity index (χ3n) is 2.45. The van der Waals surface area contributed by atoms with E-state index in [1.54, 1.807) is 12.1 Å². The van der Waals surface area contributed by atoms with Gasteiger partial charge in [0.15, 0.2) is 11.5 Å². The number of phenolic OH excluding ortho intramolecular Hbond substituents is 2. The van der Waals surface area contributed by atoms with Crippen molar-refractivity contribution in [3.05, 3.63) is 23.8 Å². The molecule has 98 valence electrons. The maximum atomic E-state index is 11.3. The number of carbonyl (C=O) groups is 1. The molecule has 1 rings (SSSR count). The van der Waals surface area contributed by atoms with Crippen molar-refractivity contribution in [3.8, 4) is 11.5 Å². The second-order valence-corrected chi connectivity index (χ2v) is 3.97. The summed E-state index contributed by atoms with van der Waals surface area (Å²) in [5.41, 5.74) is 2.73. The van der Waals surface area contributed by atoms with Crippen molar-refractivity contribution in [2.75, 3.05) is 0 Å². The smallest absolute Gasteiger partial charge is 0.240 e. The molecule has 0 heterocycles. The normalized spacial score (nSPS) is 10.7. The predicted octanol–water partition coefficient (Wildman–Crippen LogP) is 2.13. The van der Waals surface area contributed by atoms with Crippen LogP contribution in [0, 0.1) is 0 Å². The largest absolute Gasteiger partial charge is 0.504 e. The highest BCUT2D eigenvalue weighted by Gasteiger charge is 2.03. The summed E-state index contributed by atoms with van der Waals surface area (Å²) in [6.07, 6.45) is 4.66. The number of aromatic hydroxyl groups is 2. The Hall–Kier alpha value is -2.04. The second-order valence-electron chi connectivity index (χ2n) is 3.97. The minimum absolute atomic E-state index is 0.153. The van der Waals surface area contributed by atoms with Gasteiger partial charge in [0.25, 0.3) is 0 Å². The lowest BCUT2D eigenvalue weighted by Crippen LogP contribution is -2.16. The van der Waals surface area contributed by atoms with E-state index in [2.05, 4.69) is 17.5 Å². The molecule has 0 aliphatic rings. The molecular weight excluding hydrogens is 232 g/mol. The highest BCUT2D eigenvalue weighted by molar-refractivity contribution is 5.86. The van der Waals surface area contributed by atoms with Gasteiger partial charge in [-0.3, -0.25) is 4.79 Å². The molecule has 0 aliphatic carbocycles. The van der Waals surface area contributed by atoms with Crippen LogP contribution in [-0.2, 0) is 4.79 Å². The van der Waals surface area contributed by atoms with Gasteiger partial charge in [0.1, 0.15) is 0 Å². The monoisotopic (exact) mass is 250 g/mol. The van der Waals surface area contributed by atoms with Crippen LogP contribution in [0.15, 0.2) is 23.3 Å². The van der Waals surface area contributed by atoms with Gasteiger partial charge >= 0.3 is 0 Å². The molecule has 1 amide bonds. The lowest BCUT2D eigenvalue weighted by Gasteiger charge is -2.01. The zero-order valence-corrected chi connectivity index (χ0v) is 10.4. The molecule has 18 heavy (non-hydrogen) atoms. The summed E-state index contributed by atoms with van der Waals surface area (Å²) in [4.78, 5) is 11.3. The molecule has 0 atom stereocenters. The van der Waals surface area contributed by atoms with Gasteiger partial charge in [-0.25, -0.2) is 5.43 Å². The molecule has 0 bridgehead atoms. The number of benzene rings is 1. The first-order chi connectivity index (χ1) is 8.65. The molecule has 1 aromatic rings. The molecule has 0 unspecified atom stereocenters. The Kier molecular flexibility index (Phi) is 5.70. The summed E-state index contributed by atoms with van der Waals surface area (Å²) in [6.45, 7) is 2.07. The number of hydrogen-bond donors (Lipinski definition) is 3. The van der Waals surface area contributed by atoms with E-state index < -0.39 is 0 Å². The van der Waals surface area contributed by atoms with Crippen LogP contribution in [0.5, 0.6) is 11.5 Å². The number of carbonyl (C=O) groups excluding carboxylic acids is 1. The second kappa shape index (κ2) is 7.32. The van der Waals surface area contributed by atoms with Crippen LogP contribution in [0.1, 0.15) is 38.2 Å². The molecule has 0 saturated heterocycles. The predicted molar refractivity (Wildman–Crippen MR) is 69.7 cm³/mol. The topological polar surface area (TPSA) is 81.9 Å². The van der Waals surface area contributed by atoms with E-state index in [1.165, 1.54) is 12.3 Å². The van der Waals surface area contributed by atoms with Crippen LogP contribution in [-0.4, -0.2) is 22.3 Å². The number of nitrogens with zero attached hydrogens (tertiary/aromatic N) is 1. The standard InChI is InChI=1S/C13H18N2O3/c1-2-3-4-8-12(17)15-14-9-10-6-5-7-11(16)13(10)18/h5-7,9,16,18H,2-4,8H2,1H3,(H,15,17)/b14-9-. The maximum absolute atomic E-state index is 11.3. The van der Waals surface area contributed by atoms with Crippen LogP contribution < -0.4 is 5.43 Å². The van der Waals surface area contributed by atoms with Crippen LogP contribution in [0.3, 0.4) is 0 Å². The number of hydrogen-bond acceptors (Lipinski definition) is 4. The third-order valence-corrected chi connectivity index (χ3v) is 2.45. The van der Waals surface area contributed by atoms with Crippen molar-refractivity contribution in [2.24, 2.45) is 5.10 Å². The lowest BCUT2D eigenvalue weighted by atomic mass is 10.2. The molecule has 0 radical (unpaired) electrons. The summed E-state index contributed by atoms with van der Waals surface area (Å²) in [5, 5.41) is 22.5. The summed E-state index contributed by atoms with van der Waals surface area (Å²) in [5.74, 6) is -0.617. The average molecular weight is 250 g/mol. The first kappa shape index (κ1) is 14.0. The average Bonchev–Trinajstić information content (AvgIpc) is 2.35. The number of para-hydroxylation sites is 1. The SMILES string of the molecule is CCCCCC(=O)N/N=C\c1cccc(O)c1O. The molecule has 5 nitrogen and oxygen atoms in total. The molecule has 0 saturated carbocycles. The van der Waals surface area contributed by atoms with Crippen LogP contribution >= 0.6 is 0 Å². The Morgan fingerprint density at radius 2 is 2.17 bits per heavy atom. The summed E-state index contributed by atoms with van der Waals surface area (Å²) >= 11 is 0. The highest BCUT2D eigenvalue weighted by Crippen LogP contribution is 2.26. The van der Waals surface area contributed by atoms with Crippen molar-refractivity contribution in [2.45, 2.75) is 32.6 Å². The minimum atomic E-state index is -0.249. The molecule has 0 aromatic heterocycles. The molecule has 1 aromatic carbocycles. The van der Waals surface area contributed by atoms with E-state index in [4.69, 9.17) is 0 Å². The van der Waals surface area contributed by atoms with E-state index in [-0.39, 0.29) is 17.4 Å². The zero-order chi connectivity index (χ0) is 13.4. The summed E-state index contributed by atoms with van der Waals surface area (Å²) < 4.78 is 0. The first-order valence-electron chi connectivity index (χ1n) is 5.98. The number of amides is 1. The zero-order valence-electron chi connectivity index (χ0n) is 10.4. The van der Waals surface area contributed by atoms with E-state index in [0.717, 1.165) is 19.3 Å². The van der Waals surface area contributed by atoms with Crippen molar-refractivity contribution < 1.29 is 15.0 Å². The fraction of sp³-hybridized carbons (Fsp3) is 0.385. The van der Waals surface area contributed by atoms with Crippen molar-refractivity contribution in [3.63, 3.8) is 0 Å². The van der Waals surface area contributed by atoms with E-state index in [1.807, 2.05) is 0 Å². The minimum Gasteiger partial charge on any atom is -0.504 e. The van der Waals surface area contributed by atoms with Gasteiger partial charge in [0.2, 0.25) is 5.91 Å². The Balaban J connectivity index is 2.45. The fourth-order valence-corrected chi connectivity index (χ4v) is 1.42. The molecular formula is C13H18N2O3. The Bertz CT molecular complexity index is 430. The molecule has 0 fully saturated rings. The lowest BCUT2D eigenvalue weighted by molar-refractivity contribution is -0.121. The van der Waals surface area contributed by atoms with Crippen molar-refractivity contribution in [1.82, 2.24) is 5.43 Å². The van der Waals surface area contributed by atoms with E-state index in [9.17, 15) is 15.0 Å². The Morgan fingerprint density at radius 1 is 1.39 bits per heavy atom. The van der Waals surface area contributed by atoms with Crippen molar-refractivity contribution >= 4 is 12.1 Å². The quantitative estimate of drug-likeness (QED) is 0.313. The number of nitrogens with one attached hydrogen (secondary N) is 1. The molecule has 0 spiro atoms. The molecule has 5 heteroatoms. The van der Waals surface area contributed by atoms with E-state index >= 15 is 0 Å². The number of unbranched alkanes of at least 4 members (excludes halogenated alkanes) is 2. The Labute approximate surface area is 106 Å². The van der Waals surface area contributed by atoms with E-state index in [0.29, 0.717) is 12.0 Å². The van der Waals surface area contributed by atoms with Crippen LogP contribution in [0.2, 0.25) is 0 Å². The summed E-state index contributed by atoms with van der Waals surface area (Å²) in [6, 6.07) is 4.54. The third kappa shape index (κ3) is 4.45. The van der Waals surface area contributed by atoms with Crippen molar-refractivity contribution in [1.29, 1.82) is 0 Å². The maximum Gasteiger partial charge on any atom is 0.240 e. The summed E-state index contributed by atoms with van der Waals surface area (Å²) in [7, 11) is 0. The molecule has 0 aliphatic heterocycles. The first-order valence-corrected chi connectivity index (χ1v) is 5.98. The van der Waals surface area contributed by atoms with Crippen LogP contribution in [0.4, 0.5) is 0 Å². The van der Waals surface area contributed by atoms with Gasteiger partial charge in [-0.2, -0.15) is 5.10 Å². The van der Waals surface area contributed by atoms with Gasteiger partial charge in [-0.1, -0.05) is 25.8 Å². The number of hydrazone groups is 1. The van der Waals surface area contributed by atoms with Gasteiger partial charge in [-0.15, -0.1) is 0 Å². The van der Waals surface area contributed by atoms with Gasteiger partial charge in [-0.05, 0) is 18.6 Å². The van der Waals surface area contributed by atoms with Gasteiger partial charge in [0, 0.05) is 12.0 Å². The fourth-order valence-electron chi connectivity index (χ4n) is 1.42. The van der Waals surface area contributed by atoms with Gasteiger partial charge in [0.05, 0.1) is 6.21 Å². The van der Waals surface area contributed by atoms with Crippen LogP contribution in [0.25, 0.3) is 0 Å². The number of rotatable bonds is 6.